The van der Waals surface area contributed by atoms with Gasteiger partial charge in [-0.3, -0.25) is 14.9 Å². The summed E-state index contributed by atoms with van der Waals surface area (Å²) in [5.41, 5.74) is 1.80. The van der Waals surface area contributed by atoms with Gasteiger partial charge in [0, 0.05) is 24.5 Å². The van der Waals surface area contributed by atoms with Crippen LogP contribution >= 0.6 is 11.6 Å². The maximum atomic E-state index is 12.2. The molecule has 1 amide bonds. The first-order chi connectivity index (χ1) is 12.4. The van der Waals surface area contributed by atoms with E-state index in [2.05, 4.69) is 10.6 Å². The Morgan fingerprint density at radius 3 is 2.77 bits per heavy atom. The molecule has 0 bridgehead atoms. The fourth-order valence-corrected chi connectivity index (χ4v) is 2.36. The Kier molecular flexibility index (Phi) is 6.31. The smallest absolute Gasteiger partial charge is 0.289 e. The molecule has 0 aliphatic rings. The van der Waals surface area contributed by atoms with Crippen molar-refractivity contribution in [1.29, 1.82) is 5.26 Å². The summed E-state index contributed by atoms with van der Waals surface area (Å²) in [5, 5.41) is 25.4. The van der Waals surface area contributed by atoms with Gasteiger partial charge in [-0.05, 0) is 24.6 Å². The topological polar surface area (TPSA) is 108 Å². The zero-order chi connectivity index (χ0) is 19.1. The van der Waals surface area contributed by atoms with E-state index in [1.807, 2.05) is 31.2 Å². The molecule has 2 aromatic carbocycles. The molecule has 2 rings (SSSR count). The lowest BCUT2D eigenvalue weighted by atomic mass is 10.1. The number of nitrogens with one attached hydrogen (secondary N) is 2. The van der Waals surface area contributed by atoms with Crippen LogP contribution < -0.4 is 10.6 Å². The molecule has 2 aromatic rings. The highest BCUT2D eigenvalue weighted by Gasteiger charge is 2.15. The number of carbonyl (C=O) groups is 1. The number of halogens is 1. The molecule has 0 radical (unpaired) electrons. The third-order valence-corrected chi connectivity index (χ3v) is 3.72. The van der Waals surface area contributed by atoms with Gasteiger partial charge in [-0.1, -0.05) is 41.4 Å². The summed E-state index contributed by atoms with van der Waals surface area (Å²) in [6, 6.07) is 13.5. The Bertz CT molecular complexity index is 919. The van der Waals surface area contributed by atoms with Gasteiger partial charge < -0.3 is 10.6 Å². The number of aryl methyl sites for hydroxylation is 1. The molecule has 0 aromatic heterocycles. The number of anilines is 1. The summed E-state index contributed by atoms with van der Waals surface area (Å²) in [6.07, 6.45) is 1.31. The van der Waals surface area contributed by atoms with Gasteiger partial charge in [-0.15, -0.1) is 0 Å². The molecule has 0 saturated carbocycles. The van der Waals surface area contributed by atoms with Gasteiger partial charge in [-0.2, -0.15) is 5.26 Å². The highest BCUT2D eigenvalue weighted by molar-refractivity contribution is 6.32. The van der Waals surface area contributed by atoms with Crippen molar-refractivity contribution in [2.45, 2.75) is 13.5 Å². The summed E-state index contributed by atoms with van der Waals surface area (Å²) in [4.78, 5) is 22.4. The van der Waals surface area contributed by atoms with E-state index >= 15 is 0 Å². The van der Waals surface area contributed by atoms with E-state index in [-0.39, 0.29) is 22.0 Å². The number of carbonyl (C=O) groups excluding carboxylic acids is 1. The molecule has 0 unspecified atom stereocenters. The summed E-state index contributed by atoms with van der Waals surface area (Å²) in [5.74, 6) is -0.680. The Morgan fingerprint density at radius 2 is 2.12 bits per heavy atom. The predicted octanol–water partition coefficient (Wildman–Crippen LogP) is 3.69. The average molecular weight is 371 g/mol. The summed E-state index contributed by atoms with van der Waals surface area (Å²) in [6.45, 7) is 2.42. The molecule has 0 atom stereocenters. The van der Waals surface area contributed by atoms with Gasteiger partial charge >= 0.3 is 0 Å². The first kappa shape index (κ1) is 19.0. The predicted molar refractivity (Wildman–Crippen MR) is 98.5 cm³/mol. The molecule has 132 valence electrons. The minimum absolute atomic E-state index is 0.0381. The maximum absolute atomic E-state index is 12.2. The lowest BCUT2D eigenvalue weighted by Gasteiger charge is -2.06. The van der Waals surface area contributed by atoms with Gasteiger partial charge in [0.2, 0.25) is 0 Å². The minimum atomic E-state index is -0.680. The van der Waals surface area contributed by atoms with Crippen molar-refractivity contribution in [2.75, 3.05) is 5.32 Å². The van der Waals surface area contributed by atoms with E-state index in [0.29, 0.717) is 6.54 Å². The minimum Gasteiger partial charge on any atom is -0.386 e. The molecular formula is C18H15ClN4O3. The summed E-state index contributed by atoms with van der Waals surface area (Å²) in [7, 11) is 0. The molecule has 0 saturated heterocycles. The normalized spacial score (nSPS) is 10.7. The molecule has 7 nitrogen and oxygen atoms in total. The van der Waals surface area contributed by atoms with Gasteiger partial charge in [-0.25, -0.2) is 0 Å². The fourth-order valence-electron chi connectivity index (χ4n) is 2.17. The van der Waals surface area contributed by atoms with Crippen LogP contribution in [0.25, 0.3) is 0 Å². The first-order valence-electron chi connectivity index (χ1n) is 7.55. The molecule has 26 heavy (non-hydrogen) atoms. The van der Waals surface area contributed by atoms with Crippen molar-refractivity contribution in [3.63, 3.8) is 0 Å². The van der Waals surface area contributed by atoms with Gasteiger partial charge in [0.15, 0.2) is 0 Å². The number of hydrogen-bond acceptors (Lipinski definition) is 5. The van der Waals surface area contributed by atoms with E-state index in [1.54, 1.807) is 6.07 Å². The third kappa shape index (κ3) is 5.06. The van der Waals surface area contributed by atoms with E-state index in [9.17, 15) is 14.9 Å². The Hall–Kier alpha value is -3.37. The molecule has 0 fully saturated rings. The highest BCUT2D eigenvalue weighted by Crippen LogP contribution is 2.27. The third-order valence-electron chi connectivity index (χ3n) is 3.40. The van der Waals surface area contributed by atoms with Crippen molar-refractivity contribution >= 4 is 28.9 Å². The second-order valence-corrected chi connectivity index (χ2v) is 5.82. The number of hydrogen-bond donors (Lipinski definition) is 2. The van der Waals surface area contributed by atoms with Crippen molar-refractivity contribution in [3.8, 4) is 6.07 Å². The Balaban J connectivity index is 2.05. The number of benzene rings is 2. The van der Waals surface area contributed by atoms with Gasteiger partial charge in [0.1, 0.15) is 16.7 Å². The quantitative estimate of drug-likeness (QED) is 0.349. The number of nitrogens with zero attached hydrogens (tertiary/aromatic N) is 2. The number of nitriles is 1. The van der Waals surface area contributed by atoms with Crippen LogP contribution in [0.3, 0.4) is 0 Å². The second kappa shape index (κ2) is 8.65. The standard InChI is InChI=1S/C18H15ClN4O3/c1-12-3-2-4-13(7-12)10-21-11-14(9-20)18(24)22-15-5-6-16(19)17(8-15)23(25)26/h2-8,11,21H,10H2,1H3,(H,22,24)/b14-11-. The zero-order valence-corrected chi connectivity index (χ0v) is 14.6. The van der Waals surface area contributed by atoms with Crippen LogP contribution in [0.1, 0.15) is 11.1 Å². The van der Waals surface area contributed by atoms with Crippen LogP contribution in [0.15, 0.2) is 54.2 Å². The summed E-state index contributed by atoms with van der Waals surface area (Å²) < 4.78 is 0. The van der Waals surface area contributed by atoms with Crippen molar-refractivity contribution in [2.24, 2.45) is 0 Å². The van der Waals surface area contributed by atoms with Crippen molar-refractivity contribution in [3.05, 3.63) is 80.5 Å². The molecular weight excluding hydrogens is 356 g/mol. The van der Waals surface area contributed by atoms with E-state index < -0.39 is 10.8 Å². The molecule has 8 heteroatoms. The largest absolute Gasteiger partial charge is 0.386 e. The average Bonchev–Trinajstić information content (AvgIpc) is 2.60. The van der Waals surface area contributed by atoms with Gasteiger partial charge in [0.05, 0.1) is 4.92 Å². The van der Waals surface area contributed by atoms with Crippen LogP contribution in [0.4, 0.5) is 11.4 Å². The highest BCUT2D eigenvalue weighted by atomic mass is 35.5. The fraction of sp³-hybridized carbons (Fsp3) is 0.111. The van der Waals surface area contributed by atoms with Crippen LogP contribution in [0.2, 0.25) is 5.02 Å². The van der Waals surface area contributed by atoms with E-state index in [0.717, 1.165) is 17.2 Å². The molecule has 0 heterocycles. The number of nitro benzene ring substituents is 1. The van der Waals surface area contributed by atoms with E-state index in [4.69, 9.17) is 16.9 Å². The monoisotopic (exact) mass is 370 g/mol. The summed E-state index contributed by atoms with van der Waals surface area (Å²) >= 11 is 5.73. The number of amides is 1. The first-order valence-corrected chi connectivity index (χ1v) is 7.93. The lowest BCUT2D eigenvalue weighted by Crippen LogP contribution is -2.16. The number of nitro groups is 1. The zero-order valence-electron chi connectivity index (χ0n) is 13.8. The maximum Gasteiger partial charge on any atom is 0.289 e. The molecule has 2 N–H and O–H groups in total. The van der Waals surface area contributed by atoms with Crippen LogP contribution in [0.5, 0.6) is 0 Å². The van der Waals surface area contributed by atoms with Crippen LogP contribution in [-0.4, -0.2) is 10.8 Å². The van der Waals surface area contributed by atoms with Crippen LogP contribution in [0, 0.1) is 28.4 Å². The lowest BCUT2D eigenvalue weighted by molar-refractivity contribution is -0.384. The van der Waals surface area contributed by atoms with E-state index in [1.165, 1.54) is 18.3 Å². The van der Waals surface area contributed by atoms with Crippen molar-refractivity contribution < 1.29 is 9.72 Å². The molecule has 0 aliphatic heterocycles. The Labute approximate surface area is 155 Å². The molecule has 0 aliphatic carbocycles. The number of rotatable bonds is 6. The van der Waals surface area contributed by atoms with Crippen LogP contribution in [-0.2, 0) is 11.3 Å². The SMILES string of the molecule is Cc1cccc(CN/C=C(/C#N)C(=O)Nc2ccc(Cl)c([N+](=O)[O-])c2)c1. The van der Waals surface area contributed by atoms with Crippen molar-refractivity contribution in [1.82, 2.24) is 5.32 Å². The van der Waals surface area contributed by atoms with Gasteiger partial charge in [0.25, 0.3) is 11.6 Å². The Morgan fingerprint density at radius 1 is 1.35 bits per heavy atom. The molecule has 0 spiro atoms. The second-order valence-electron chi connectivity index (χ2n) is 5.42.